The van der Waals surface area contributed by atoms with Gasteiger partial charge >= 0.3 is 0 Å². The van der Waals surface area contributed by atoms with Gasteiger partial charge in [-0.1, -0.05) is 77.9 Å². The minimum absolute atomic E-state index is 0.00183. The molecule has 0 amide bonds. The lowest BCUT2D eigenvalue weighted by atomic mass is 10.0. The maximum atomic E-state index is 12.3. The maximum absolute atomic E-state index is 12.3. The van der Waals surface area contributed by atoms with Crippen LogP contribution in [-0.4, -0.2) is 25.2 Å². The first kappa shape index (κ1) is 20.6. The van der Waals surface area contributed by atoms with E-state index in [-0.39, 0.29) is 6.23 Å². The molecular weight excluding hydrogens is 390 g/mol. The van der Waals surface area contributed by atoms with Crippen LogP contribution in [0.1, 0.15) is 34.6 Å². The molecule has 4 aromatic rings. The van der Waals surface area contributed by atoms with E-state index in [1.54, 1.807) is 10.4 Å². The molecule has 2 atom stereocenters. The molecule has 5 rings (SSSR count). The predicted molar refractivity (Wildman–Crippen MR) is 123 cm³/mol. The van der Waals surface area contributed by atoms with E-state index in [9.17, 15) is 5.11 Å². The number of ether oxygens (including phenoxy) is 1. The number of hydrogen-bond acceptors (Lipinski definition) is 4. The highest BCUT2D eigenvalue weighted by atomic mass is 32.1. The van der Waals surface area contributed by atoms with Gasteiger partial charge in [0.25, 0.3) is 0 Å². The summed E-state index contributed by atoms with van der Waals surface area (Å²) in [4.78, 5) is 3.58. The van der Waals surface area contributed by atoms with E-state index in [1.165, 1.54) is 16.5 Å². The van der Waals surface area contributed by atoms with E-state index < -0.39 is 6.10 Å². The summed E-state index contributed by atoms with van der Waals surface area (Å²) in [5, 5.41) is 13.8. The molecule has 0 bridgehead atoms. The first-order valence-electron chi connectivity index (χ1n) is 10.2. The molecule has 4 heteroatoms. The van der Waals surface area contributed by atoms with E-state index in [1.807, 2.05) is 91.9 Å². The first-order chi connectivity index (χ1) is 14.5. The van der Waals surface area contributed by atoms with Gasteiger partial charge in [0.1, 0.15) is 12.0 Å². The predicted octanol–water partition coefficient (Wildman–Crippen LogP) is 5.23. The van der Waals surface area contributed by atoms with Crippen LogP contribution < -0.4 is 9.84 Å². The third-order valence-corrected chi connectivity index (χ3v) is 6.53. The summed E-state index contributed by atoms with van der Waals surface area (Å²) >= 11 is 1.94. The Kier molecular flexibility index (Phi) is 6.18. The summed E-state index contributed by atoms with van der Waals surface area (Å²) < 4.78 is 7.20. The highest BCUT2D eigenvalue weighted by Crippen LogP contribution is 2.42. The Morgan fingerprint density at radius 3 is 2.17 bits per heavy atom. The second-order valence-electron chi connectivity index (χ2n) is 7.72. The molecule has 1 aliphatic carbocycles. The van der Waals surface area contributed by atoms with Gasteiger partial charge in [-0.05, 0) is 50.2 Å². The number of benzene rings is 3. The maximum Gasteiger partial charge on any atom is 0.149 e. The van der Waals surface area contributed by atoms with E-state index >= 15 is 0 Å². The van der Waals surface area contributed by atoms with Crippen LogP contribution in [-0.2, 0) is 6.42 Å². The van der Waals surface area contributed by atoms with Crippen molar-refractivity contribution in [2.45, 2.75) is 25.7 Å². The van der Waals surface area contributed by atoms with Gasteiger partial charge in [-0.15, -0.1) is 11.3 Å². The normalized spacial score (nSPS) is 13.9. The largest absolute Gasteiger partial charge is 0.845 e. The average molecular weight is 417 g/mol. The van der Waals surface area contributed by atoms with Crippen LogP contribution in [0.25, 0.3) is 10.1 Å². The Morgan fingerprint density at radius 2 is 1.50 bits per heavy atom. The molecule has 30 heavy (non-hydrogen) atoms. The molecule has 0 saturated heterocycles. The van der Waals surface area contributed by atoms with Gasteiger partial charge in [-0.2, -0.15) is 0 Å². The fourth-order valence-electron chi connectivity index (χ4n) is 3.24. The molecule has 0 N–H and O–H groups in total. The topological polar surface area (TPSA) is 35.5 Å². The quantitative estimate of drug-likeness (QED) is 0.368. The van der Waals surface area contributed by atoms with Gasteiger partial charge in [-0.25, -0.2) is 0 Å². The van der Waals surface area contributed by atoms with Crippen LogP contribution in [0.4, 0.5) is 0 Å². The lowest BCUT2D eigenvalue weighted by Gasteiger charge is -2.24. The van der Waals surface area contributed by atoms with Crippen LogP contribution in [0, 0.1) is 0 Å². The standard InChI is InChI=1S/C17H20NO2.C9H6S/c1-13(18(2)3)20-16-11-9-15(10-12-16)17(19)14-7-5-4-6-8-14;1-2-4-8-6(3-1)7-5-9(7)10-8/h4-13,17H,1-3H3;1-4H,5H2/q-1;. The number of rotatable bonds is 5. The lowest BCUT2D eigenvalue weighted by molar-refractivity contribution is -0.411. The van der Waals surface area contributed by atoms with Gasteiger partial charge in [0, 0.05) is 16.0 Å². The van der Waals surface area contributed by atoms with Crippen LogP contribution in [0.5, 0.6) is 5.75 Å². The lowest BCUT2D eigenvalue weighted by Crippen LogP contribution is -2.30. The molecule has 0 aliphatic heterocycles. The Bertz CT molecular complexity index is 1100. The van der Waals surface area contributed by atoms with Crippen molar-refractivity contribution in [2.75, 3.05) is 14.1 Å². The SMILES string of the molecule is CC(Oc1ccc(C([O-])c2ccccc2)cc1)N(C)C.c1ccc2c3c(sc2c1)C3. The average Bonchev–Trinajstić information content (AvgIpc) is 3.45. The number of thiophene rings is 1. The molecule has 3 aromatic carbocycles. The summed E-state index contributed by atoms with van der Waals surface area (Å²) in [7, 11) is 3.92. The molecular formula is C26H26NO2S-. The zero-order valence-corrected chi connectivity index (χ0v) is 18.4. The molecule has 0 radical (unpaired) electrons. The summed E-state index contributed by atoms with van der Waals surface area (Å²) in [6.45, 7) is 1.98. The van der Waals surface area contributed by atoms with E-state index in [4.69, 9.17) is 4.74 Å². The van der Waals surface area contributed by atoms with Gasteiger partial charge < -0.3 is 9.84 Å². The van der Waals surface area contributed by atoms with E-state index in [0.717, 1.165) is 16.9 Å². The number of nitrogens with zero attached hydrogens (tertiary/aromatic N) is 1. The van der Waals surface area contributed by atoms with Crippen molar-refractivity contribution in [3.05, 3.63) is 100 Å². The van der Waals surface area contributed by atoms with Gasteiger partial charge in [0.15, 0.2) is 0 Å². The van der Waals surface area contributed by atoms with Crippen LogP contribution in [0.15, 0.2) is 78.9 Å². The van der Waals surface area contributed by atoms with Crippen molar-refractivity contribution in [1.82, 2.24) is 4.90 Å². The van der Waals surface area contributed by atoms with Gasteiger partial charge in [0.2, 0.25) is 0 Å². The smallest absolute Gasteiger partial charge is 0.149 e. The second-order valence-corrected chi connectivity index (χ2v) is 8.85. The van der Waals surface area contributed by atoms with Crippen molar-refractivity contribution >= 4 is 21.4 Å². The molecule has 2 unspecified atom stereocenters. The summed E-state index contributed by atoms with van der Waals surface area (Å²) in [6, 6.07) is 25.4. The summed E-state index contributed by atoms with van der Waals surface area (Å²) in [5.74, 6) is 0.773. The molecule has 0 fully saturated rings. The molecule has 0 spiro atoms. The zero-order valence-electron chi connectivity index (χ0n) is 17.5. The Hall–Kier alpha value is -2.66. The molecule has 3 nitrogen and oxygen atoms in total. The van der Waals surface area contributed by atoms with Crippen molar-refractivity contribution < 1.29 is 9.84 Å². The Morgan fingerprint density at radius 1 is 0.867 bits per heavy atom. The highest BCUT2D eigenvalue weighted by molar-refractivity contribution is 7.20. The summed E-state index contributed by atoms with van der Waals surface area (Å²) in [6.07, 6.45) is 0.413. The van der Waals surface area contributed by atoms with Crippen molar-refractivity contribution in [3.8, 4) is 5.75 Å². The van der Waals surface area contributed by atoms with Crippen LogP contribution >= 0.6 is 11.3 Å². The zero-order chi connectivity index (χ0) is 21.1. The third-order valence-electron chi connectivity index (χ3n) is 5.31. The molecule has 0 saturated carbocycles. The molecule has 154 valence electrons. The minimum Gasteiger partial charge on any atom is -0.845 e. The van der Waals surface area contributed by atoms with Crippen LogP contribution in [0.2, 0.25) is 0 Å². The fourth-order valence-corrected chi connectivity index (χ4v) is 4.40. The third kappa shape index (κ3) is 4.73. The minimum atomic E-state index is -0.850. The van der Waals surface area contributed by atoms with E-state index in [2.05, 4.69) is 24.3 Å². The summed E-state index contributed by atoms with van der Waals surface area (Å²) in [5.41, 5.74) is 3.13. The number of hydrogen-bond donors (Lipinski definition) is 0. The second kappa shape index (κ2) is 9.00. The number of fused-ring (bicyclic) bond motifs is 3. The van der Waals surface area contributed by atoms with Gasteiger partial charge in [0.05, 0.1) is 0 Å². The van der Waals surface area contributed by atoms with Crippen molar-refractivity contribution in [2.24, 2.45) is 0 Å². The monoisotopic (exact) mass is 416 g/mol. The fraction of sp³-hybridized carbons (Fsp3) is 0.231. The van der Waals surface area contributed by atoms with Crippen LogP contribution in [0.3, 0.4) is 0 Å². The molecule has 1 aliphatic rings. The van der Waals surface area contributed by atoms with Crippen molar-refractivity contribution in [1.29, 1.82) is 0 Å². The van der Waals surface area contributed by atoms with Gasteiger partial charge in [-0.3, -0.25) is 4.90 Å². The molecule has 1 aromatic heterocycles. The van der Waals surface area contributed by atoms with E-state index in [0.29, 0.717) is 0 Å². The first-order valence-corrected chi connectivity index (χ1v) is 11.0. The highest BCUT2D eigenvalue weighted by Gasteiger charge is 2.22. The Labute approximate surface area is 182 Å². The Balaban J connectivity index is 0.000000178. The van der Waals surface area contributed by atoms with Crippen molar-refractivity contribution in [3.63, 3.8) is 0 Å². The molecule has 1 heterocycles.